The zero-order chi connectivity index (χ0) is 30.5. The van der Waals surface area contributed by atoms with E-state index in [4.69, 9.17) is 16.7 Å². The molecule has 1 fully saturated rings. The lowest BCUT2D eigenvalue weighted by molar-refractivity contribution is -0.129. The second-order valence-corrected chi connectivity index (χ2v) is 12.4. The molecule has 8 nitrogen and oxygen atoms in total. The molecule has 44 heavy (non-hydrogen) atoms. The molecule has 0 saturated carbocycles. The van der Waals surface area contributed by atoms with Crippen LogP contribution in [0.15, 0.2) is 72.9 Å². The maximum atomic E-state index is 12.3. The van der Waals surface area contributed by atoms with Gasteiger partial charge in [0.15, 0.2) is 0 Å². The highest BCUT2D eigenvalue weighted by molar-refractivity contribution is 6.30. The lowest BCUT2D eigenvalue weighted by atomic mass is 10.0. The van der Waals surface area contributed by atoms with Crippen molar-refractivity contribution in [3.05, 3.63) is 100 Å². The molecular formula is C35H42ClN7O. The van der Waals surface area contributed by atoms with Crippen molar-refractivity contribution < 1.29 is 4.79 Å². The molecule has 230 valence electrons. The summed E-state index contributed by atoms with van der Waals surface area (Å²) >= 11 is 6.22. The first-order valence-electron chi connectivity index (χ1n) is 15.7. The lowest BCUT2D eigenvalue weighted by Gasteiger charge is -2.38. The van der Waals surface area contributed by atoms with Crippen LogP contribution in [0, 0.1) is 6.92 Å². The molecule has 9 heteroatoms. The summed E-state index contributed by atoms with van der Waals surface area (Å²) in [4.78, 5) is 23.9. The number of rotatable bonds is 10. The summed E-state index contributed by atoms with van der Waals surface area (Å²) in [5, 5.41) is 9.77. The number of anilines is 1. The van der Waals surface area contributed by atoms with E-state index in [0.717, 1.165) is 81.2 Å². The summed E-state index contributed by atoms with van der Waals surface area (Å²) in [7, 11) is 0. The molecule has 0 spiro atoms. The quantitative estimate of drug-likeness (QED) is 0.277. The normalized spacial score (nSPS) is 16.2. The highest BCUT2D eigenvalue weighted by Crippen LogP contribution is 2.31. The Hall–Kier alpha value is -3.72. The number of hydrogen-bond acceptors (Lipinski definition) is 6. The zero-order valence-corrected chi connectivity index (χ0v) is 26.5. The Morgan fingerprint density at radius 2 is 1.73 bits per heavy atom. The van der Waals surface area contributed by atoms with Crippen LogP contribution < -0.4 is 10.2 Å². The second-order valence-electron chi connectivity index (χ2n) is 11.9. The number of carbonyl (C=O) groups excluding carboxylic acids is 1. The van der Waals surface area contributed by atoms with Gasteiger partial charge in [-0.15, -0.1) is 0 Å². The molecule has 1 amide bonds. The van der Waals surface area contributed by atoms with Gasteiger partial charge in [0.05, 0.1) is 12.2 Å². The lowest BCUT2D eigenvalue weighted by Crippen LogP contribution is -2.52. The van der Waals surface area contributed by atoms with E-state index in [1.165, 1.54) is 16.9 Å². The smallest absolute Gasteiger partial charge is 0.219 e. The van der Waals surface area contributed by atoms with Gasteiger partial charge in [-0.2, -0.15) is 5.10 Å². The van der Waals surface area contributed by atoms with Gasteiger partial charge in [0.2, 0.25) is 5.91 Å². The Morgan fingerprint density at radius 1 is 0.955 bits per heavy atom. The number of aromatic nitrogens is 3. The van der Waals surface area contributed by atoms with Gasteiger partial charge in [-0.3, -0.25) is 19.4 Å². The predicted molar refractivity (Wildman–Crippen MR) is 177 cm³/mol. The van der Waals surface area contributed by atoms with Crippen LogP contribution in [-0.2, 0) is 30.7 Å². The standard InChI is InChI=1S/C35H42ClN7O/c1-26-7-3-4-9-33(26)41-21-19-40(20-22-41)23-31(38-17-14-30-8-5-6-16-37-30)24-43-34-15-18-42(27(2)44)25-32(34)35(39-43)28-10-12-29(36)13-11-28/h3-13,16,31,38H,14-15,17-25H2,1-2H3. The van der Waals surface area contributed by atoms with Crippen LogP contribution in [0.1, 0.15) is 29.4 Å². The minimum absolute atomic E-state index is 0.101. The van der Waals surface area contributed by atoms with Crippen molar-refractivity contribution in [2.45, 2.75) is 45.8 Å². The van der Waals surface area contributed by atoms with Gasteiger partial charge in [0.1, 0.15) is 0 Å². The molecule has 2 aromatic carbocycles. The SMILES string of the molecule is CC(=O)N1CCc2c(c(-c3ccc(Cl)cc3)nn2CC(CN2CCN(c3ccccc3C)CC2)NCCc2ccccn2)C1. The van der Waals surface area contributed by atoms with Crippen LogP contribution in [0.4, 0.5) is 5.69 Å². The summed E-state index contributed by atoms with van der Waals surface area (Å²) in [6, 6.07) is 22.9. The van der Waals surface area contributed by atoms with Crippen LogP contribution in [0.25, 0.3) is 11.3 Å². The first kappa shape index (κ1) is 30.3. The third-order valence-corrected chi connectivity index (χ3v) is 9.19. The number of piperazine rings is 1. The monoisotopic (exact) mass is 611 g/mol. The summed E-state index contributed by atoms with van der Waals surface area (Å²) in [5.41, 5.74) is 8.12. The van der Waals surface area contributed by atoms with Crippen LogP contribution in [0.2, 0.25) is 5.02 Å². The Balaban J connectivity index is 1.21. The van der Waals surface area contributed by atoms with E-state index in [0.29, 0.717) is 18.1 Å². The predicted octanol–water partition coefficient (Wildman–Crippen LogP) is 4.83. The number of hydrogen-bond donors (Lipinski definition) is 1. The van der Waals surface area contributed by atoms with Crippen LogP contribution >= 0.6 is 11.6 Å². The fourth-order valence-electron chi connectivity index (χ4n) is 6.50. The Labute approximate surface area is 265 Å². The van der Waals surface area contributed by atoms with Crippen LogP contribution in [0.3, 0.4) is 0 Å². The fraction of sp³-hybridized carbons (Fsp3) is 0.400. The van der Waals surface area contributed by atoms with Crippen molar-refractivity contribution >= 4 is 23.2 Å². The highest BCUT2D eigenvalue weighted by Gasteiger charge is 2.29. The average molecular weight is 612 g/mol. The van der Waals surface area contributed by atoms with Gasteiger partial charge in [-0.25, -0.2) is 0 Å². The molecule has 1 saturated heterocycles. The number of nitrogens with one attached hydrogen (secondary N) is 1. The van der Waals surface area contributed by atoms with Gasteiger partial charge in [0, 0.05) is 118 Å². The van der Waals surface area contributed by atoms with E-state index >= 15 is 0 Å². The largest absolute Gasteiger partial charge is 0.369 e. The number of fused-ring (bicyclic) bond motifs is 1. The van der Waals surface area contributed by atoms with E-state index in [1.807, 2.05) is 47.5 Å². The molecule has 2 aliphatic rings. The Morgan fingerprint density at radius 3 is 2.45 bits per heavy atom. The number of pyridine rings is 1. The summed E-state index contributed by atoms with van der Waals surface area (Å²) in [5.74, 6) is 0.101. The third-order valence-electron chi connectivity index (χ3n) is 8.94. The molecular weight excluding hydrogens is 570 g/mol. The molecule has 1 N–H and O–H groups in total. The molecule has 1 unspecified atom stereocenters. The van der Waals surface area contributed by atoms with Crippen molar-refractivity contribution in [1.29, 1.82) is 0 Å². The molecule has 4 aromatic rings. The first-order valence-corrected chi connectivity index (χ1v) is 16.1. The zero-order valence-electron chi connectivity index (χ0n) is 25.8. The number of carbonyl (C=O) groups is 1. The molecule has 2 aliphatic heterocycles. The number of benzene rings is 2. The van der Waals surface area contributed by atoms with Gasteiger partial charge in [0.25, 0.3) is 0 Å². The molecule has 1 atom stereocenters. The van der Waals surface area contributed by atoms with E-state index < -0.39 is 0 Å². The van der Waals surface area contributed by atoms with Gasteiger partial charge in [-0.1, -0.05) is 48.0 Å². The van der Waals surface area contributed by atoms with Gasteiger partial charge in [-0.05, 0) is 42.8 Å². The van der Waals surface area contributed by atoms with E-state index in [9.17, 15) is 4.79 Å². The second kappa shape index (κ2) is 13.9. The number of amides is 1. The minimum atomic E-state index is 0.101. The molecule has 4 heterocycles. The van der Waals surface area contributed by atoms with Gasteiger partial charge < -0.3 is 15.1 Å². The first-order chi connectivity index (χ1) is 21.4. The molecule has 0 bridgehead atoms. The number of halogens is 1. The highest BCUT2D eigenvalue weighted by atomic mass is 35.5. The van der Waals surface area contributed by atoms with Crippen molar-refractivity contribution in [3.63, 3.8) is 0 Å². The summed E-state index contributed by atoms with van der Waals surface area (Å²) in [6.45, 7) is 11.8. The average Bonchev–Trinajstić information content (AvgIpc) is 3.40. The minimum Gasteiger partial charge on any atom is -0.369 e. The molecule has 2 aromatic heterocycles. The van der Waals surface area contributed by atoms with Crippen LogP contribution in [0.5, 0.6) is 0 Å². The molecule has 0 radical (unpaired) electrons. The van der Waals surface area contributed by atoms with Crippen molar-refractivity contribution in [2.75, 3.05) is 50.7 Å². The topological polar surface area (TPSA) is 69.5 Å². The maximum Gasteiger partial charge on any atom is 0.219 e. The molecule has 0 aliphatic carbocycles. The Bertz CT molecular complexity index is 1550. The van der Waals surface area contributed by atoms with Gasteiger partial charge >= 0.3 is 0 Å². The van der Waals surface area contributed by atoms with Crippen LogP contribution in [-0.4, -0.2) is 82.3 Å². The van der Waals surface area contributed by atoms with E-state index in [2.05, 4.69) is 62.0 Å². The number of nitrogens with zero attached hydrogens (tertiary/aromatic N) is 6. The number of para-hydroxylation sites is 1. The maximum absolute atomic E-state index is 12.3. The summed E-state index contributed by atoms with van der Waals surface area (Å²) < 4.78 is 2.21. The van der Waals surface area contributed by atoms with Crippen molar-refractivity contribution in [3.8, 4) is 11.3 Å². The third kappa shape index (κ3) is 7.15. The fourth-order valence-corrected chi connectivity index (χ4v) is 6.62. The number of aryl methyl sites for hydroxylation is 1. The Kier molecular flexibility index (Phi) is 9.60. The van der Waals surface area contributed by atoms with E-state index in [1.54, 1.807) is 6.92 Å². The van der Waals surface area contributed by atoms with E-state index in [-0.39, 0.29) is 11.9 Å². The molecule has 6 rings (SSSR count). The summed E-state index contributed by atoms with van der Waals surface area (Å²) in [6.07, 6.45) is 3.53. The van der Waals surface area contributed by atoms with Crippen molar-refractivity contribution in [2.24, 2.45) is 0 Å². The van der Waals surface area contributed by atoms with Crippen molar-refractivity contribution in [1.82, 2.24) is 29.9 Å².